The molecule has 4 rings (SSSR count). The molecule has 7 heteroatoms. The van der Waals surface area contributed by atoms with Crippen molar-refractivity contribution < 1.29 is 0 Å². The van der Waals surface area contributed by atoms with Crippen LogP contribution in [0.4, 0.5) is 0 Å². The van der Waals surface area contributed by atoms with Crippen LogP contribution < -0.4 is 0 Å². The Hall–Kier alpha value is -1.31. The molecule has 4 heterocycles. The van der Waals surface area contributed by atoms with Crippen molar-refractivity contribution in [2.24, 2.45) is 5.92 Å². The summed E-state index contributed by atoms with van der Waals surface area (Å²) < 4.78 is 0. The topological polar surface area (TPSA) is 63.8 Å². The smallest absolute Gasteiger partial charge is 0.123 e. The Morgan fingerprint density at radius 2 is 1.87 bits per heavy atom. The lowest BCUT2D eigenvalue weighted by atomic mass is 10.0. The maximum Gasteiger partial charge on any atom is 0.123 e. The summed E-state index contributed by atoms with van der Waals surface area (Å²) in [6, 6.07) is 0.581. The minimum absolute atomic E-state index is 0.470. The van der Waals surface area contributed by atoms with E-state index in [4.69, 9.17) is 5.10 Å². The summed E-state index contributed by atoms with van der Waals surface area (Å²) in [5.74, 6) is 2.18. The van der Waals surface area contributed by atoms with Crippen molar-refractivity contribution in [3.63, 3.8) is 0 Å². The van der Waals surface area contributed by atoms with Gasteiger partial charge in [-0.05, 0) is 58.0 Å². The quantitative estimate of drug-likeness (QED) is 0.673. The van der Waals surface area contributed by atoms with Crippen LogP contribution in [0.25, 0.3) is 0 Å². The summed E-state index contributed by atoms with van der Waals surface area (Å²) in [4.78, 5) is 5.17. The molecular weight excluding hydrogens is 392 g/mol. The maximum absolute atomic E-state index is 4.73. The first-order valence-electron chi connectivity index (χ1n) is 11.7. The number of aromatic nitrogens is 4. The predicted molar refractivity (Wildman–Crippen MR) is 124 cm³/mol. The molecule has 2 aliphatic heterocycles. The number of aromatic amines is 2. The Bertz CT molecular complexity index is 839. The Balaban J connectivity index is 1.48. The Morgan fingerprint density at radius 1 is 1.07 bits per heavy atom. The average molecular weight is 431 g/mol. The minimum Gasteiger partial charge on any atom is -0.299 e. The SMILES string of the molecule is CCN1Cc2c(C(C)C)n[nH]c2CC(CSc2n[nH]c3c2CN(C(C)C)CCC3)C1. The van der Waals surface area contributed by atoms with E-state index in [1.54, 1.807) is 0 Å². The van der Waals surface area contributed by atoms with Gasteiger partial charge in [0.05, 0.1) is 5.69 Å². The summed E-state index contributed by atoms with van der Waals surface area (Å²) in [6.45, 7) is 16.8. The standard InChI is InChI=1S/C23H38N6S/c1-6-28-11-17(10-21-18(12-28)22(15(2)3)26-25-21)14-30-23-19-13-29(16(4)5)9-7-8-20(19)24-27-23/h15-17H,6-14H2,1-5H3,(H,24,27)(H,25,26). The van der Waals surface area contributed by atoms with Gasteiger partial charge >= 0.3 is 0 Å². The molecule has 0 aliphatic carbocycles. The number of aryl methyl sites for hydroxylation is 1. The lowest BCUT2D eigenvalue weighted by Gasteiger charge is -2.25. The van der Waals surface area contributed by atoms with E-state index >= 15 is 0 Å². The molecule has 1 atom stereocenters. The van der Waals surface area contributed by atoms with Gasteiger partial charge in [-0.25, -0.2) is 0 Å². The summed E-state index contributed by atoms with van der Waals surface area (Å²) in [7, 11) is 0. The molecule has 0 radical (unpaired) electrons. The van der Waals surface area contributed by atoms with Gasteiger partial charge in [0, 0.05) is 53.9 Å². The molecule has 2 aliphatic rings. The van der Waals surface area contributed by atoms with Crippen LogP contribution in [0.2, 0.25) is 0 Å². The number of hydrogen-bond donors (Lipinski definition) is 2. The largest absolute Gasteiger partial charge is 0.299 e. The Morgan fingerprint density at radius 3 is 2.60 bits per heavy atom. The zero-order valence-electron chi connectivity index (χ0n) is 19.3. The van der Waals surface area contributed by atoms with E-state index in [2.05, 4.69) is 59.7 Å². The Kier molecular flexibility index (Phi) is 6.90. The van der Waals surface area contributed by atoms with E-state index in [0.717, 1.165) is 44.8 Å². The van der Waals surface area contributed by atoms with E-state index in [-0.39, 0.29) is 0 Å². The lowest BCUT2D eigenvalue weighted by molar-refractivity contribution is 0.215. The van der Waals surface area contributed by atoms with Gasteiger partial charge in [-0.2, -0.15) is 10.2 Å². The molecule has 2 N–H and O–H groups in total. The second kappa shape index (κ2) is 9.45. The van der Waals surface area contributed by atoms with Crippen LogP contribution >= 0.6 is 11.8 Å². The van der Waals surface area contributed by atoms with E-state index in [0.29, 0.717) is 17.9 Å². The van der Waals surface area contributed by atoms with Crippen molar-refractivity contribution in [2.45, 2.75) is 84.0 Å². The van der Waals surface area contributed by atoms with Crippen LogP contribution in [0.15, 0.2) is 5.03 Å². The van der Waals surface area contributed by atoms with Gasteiger partial charge in [-0.1, -0.05) is 20.8 Å². The molecule has 30 heavy (non-hydrogen) atoms. The number of thioether (sulfide) groups is 1. The molecular formula is C23H38N6S. The molecule has 0 spiro atoms. The fraction of sp³-hybridized carbons (Fsp3) is 0.739. The van der Waals surface area contributed by atoms with Crippen LogP contribution in [-0.2, 0) is 25.9 Å². The van der Waals surface area contributed by atoms with E-state index in [1.807, 2.05) is 11.8 Å². The molecule has 1 unspecified atom stereocenters. The van der Waals surface area contributed by atoms with Gasteiger partial charge in [0.15, 0.2) is 0 Å². The molecule has 0 aromatic carbocycles. The molecule has 0 saturated carbocycles. The zero-order valence-corrected chi connectivity index (χ0v) is 20.1. The summed E-state index contributed by atoms with van der Waals surface area (Å²) in [5.41, 5.74) is 6.85. The van der Waals surface area contributed by atoms with E-state index < -0.39 is 0 Å². The van der Waals surface area contributed by atoms with Gasteiger partial charge in [-0.3, -0.25) is 20.0 Å². The number of nitrogens with one attached hydrogen (secondary N) is 2. The van der Waals surface area contributed by atoms with Crippen LogP contribution in [-0.4, -0.2) is 61.6 Å². The lowest BCUT2D eigenvalue weighted by Crippen LogP contribution is -2.30. The number of rotatable bonds is 6. The van der Waals surface area contributed by atoms with E-state index in [9.17, 15) is 0 Å². The van der Waals surface area contributed by atoms with Crippen molar-refractivity contribution in [3.05, 3.63) is 28.2 Å². The van der Waals surface area contributed by atoms with Crippen LogP contribution in [0.1, 0.15) is 75.2 Å². The average Bonchev–Trinajstić information content (AvgIpc) is 3.14. The predicted octanol–water partition coefficient (Wildman–Crippen LogP) is 4.20. The third-order valence-electron chi connectivity index (χ3n) is 6.70. The maximum atomic E-state index is 4.73. The van der Waals surface area contributed by atoms with Crippen molar-refractivity contribution in [2.75, 3.05) is 25.4 Å². The van der Waals surface area contributed by atoms with Crippen LogP contribution in [0.5, 0.6) is 0 Å². The van der Waals surface area contributed by atoms with Crippen molar-refractivity contribution in [1.82, 2.24) is 30.2 Å². The first-order chi connectivity index (χ1) is 14.5. The summed E-state index contributed by atoms with van der Waals surface area (Å²) in [5, 5.41) is 17.3. The van der Waals surface area contributed by atoms with Gasteiger partial charge < -0.3 is 0 Å². The molecule has 0 saturated heterocycles. The monoisotopic (exact) mass is 430 g/mol. The molecule has 166 valence electrons. The number of hydrogen-bond acceptors (Lipinski definition) is 5. The first kappa shape index (κ1) is 21.9. The molecule has 0 amide bonds. The molecule has 6 nitrogen and oxygen atoms in total. The van der Waals surface area contributed by atoms with Crippen LogP contribution in [0, 0.1) is 5.92 Å². The molecule has 0 fully saturated rings. The molecule has 0 bridgehead atoms. The van der Waals surface area contributed by atoms with Gasteiger partial charge in [0.2, 0.25) is 0 Å². The minimum atomic E-state index is 0.470. The fourth-order valence-electron chi connectivity index (χ4n) is 4.85. The number of fused-ring (bicyclic) bond motifs is 2. The normalized spacial score (nSPS) is 21.0. The Labute approximate surface area is 185 Å². The number of H-pyrrole nitrogens is 2. The van der Waals surface area contributed by atoms with Crippen molar-refractivity contribution in [3.8, 4) is 0 Å². The van der Waals surface area contributed by atoms with Crippen molar-refractivity contribution in [1.29, 1.82) is 0 Å². The molecule has 2 aromatic heterocycles. The van der Waals surface area contributed by atoms with Gasteiger partial charge in [0.25, 0.3) is 0 Å². The first-order valence-corrected chi connectivity index (χ1v) is 12.7. The van der Waals surface area contributed by atoms with Gasteiger partial charge in [-0.15, -0.1) is 11.8 Å². The third-order valence-corrected chi connectivity index (χ3v) is 7.95. The second-order valence-electron chi connectivity index (χ2n) is 9.58. The summed E-state index contributed by atoms with van der Waals surface area (Å²) >= 11 is 1.95. The molecule has 2 aromatic rings. The highest BCUT2D eigenvalue weighted by atomic mass is 32.2. The van der Waals surface area contributed by atoms with Crippen molar-refractivity contribution >= 4 is 11.8 Å². The second-order valence-corrected chi connectivity index (χ2v) is 10.6. The van der Waals surface area contributed by atoms with E-state index in [1.165, 1.54) is 46.2 Å². The zero-order chi connectivity index (χ0) is 21.3. The van der Waals surface area contributed by atoms with Crippen LogP contribution in [0.3, 0.4) is 0 Å². The highest BCUT2D eigenvalue weighted by Gasteiger charge is 2.27. The number of nitrogens with zero attached hydrogens (tertiary/aromatic N) is 4. The highest BCUT2D eigenvalue weighted by Crippen LogP contribution is 2.32. The summed E-state index contributed by atoms with van der Waals surface area (Å²) in [6.07, 6.45) is 3.42. The highest BCUT2D eigenvalue weighted by molar-refractivity contribution is 7.99. The van der Waals surface area contributed by atoms with Gasteiger partial charge in [0.1, 0.15) is 5.03 Å². The fourth-order valence-corrected chi connectivity index (χ4v) is 5.94. The third kappa shape index (κ3) is 4.63.